The van der Waals surface area contributed by atoms with E-state index >= 15 is 0 Å². The second-order valence-corrected chi connectivity index (χ2v) is 8.10. The van der Waals surface area contributed by atoms with Gasteiger partial charge in [-0.1, -0.05) is 36.4 Å². The summed E-state index contributed by atoms with van der Waals surface area (Å²) < 4.78 is 0. The third-order valence-electron chi connectivity index (χ3n) is 6.09. The molecule has 0 aliphatic carbocycles. The van der Waals surface area contributed by atoms with Crippen molar-refractivity contribution >= 4 is 28.6 Å². The van der Waals surface area contributed by atoms with Gasteiger partial charge in [0.25, 0.3) is 5.91 Å². The standard InChI is InChI=1S/C24H24N6O/c1-14-7-4-5-10-18(14)30-19(11-17-9-6-8-15(2)20(17)24(30)31)16(3)29-23-21-22(26-12-25-21)27-13-28-23/h4-10,12-13,16,19H,11H2,1-3H3,(H2,25,26,27,28,29). The maximum absolute atomic E-state index is 13.8. The summed E-state index contributed by atoms with van der Waals surface area (Å²) in [5.41, 5.74) is 6.29. The van der Waals surface area contributed by atoms with Gasteiger partial charge in [0.15, 0.2) is 11.5 Å². The maximum Gasteiger partial charge on any atom is 0.259 e. The first-order chi connectivity index (χ1) is 15.0. The van der Waals surface area contributed by atoms with Crippen molar-refractivity contribution in [2.24, 2.45) is 0 Å². The van der Waals surface area contributed by atoms with Crippen molar-refractivity contribution in [2.75, 3.05) is 10.2 Å². The van der Waals surface area contributed by atoms with Crippen molar-refractivity contribution < 1.29 is 4.79 Å². The van der Waals surface area contributed by atoms with Gasteiger partial charge in [0.1, 0.15) is 11.8 Å². The molecular weight excluding hydrogens is 388 g/mol. The third-order valence-corrected chi connectivity index (χ3v) is 6.09. The Bertz CT molecular complexity index is 1280. The number of fused-ring (bicyclic) bond motifs is 2. The van der Waals surface area contributed by atoms with Gasteiger partial charge in [-0.2, -0.15) is 0 Å². The van der Waals surface area contributed by atoms with E-state index in [1.54, 1.807) is 6.33 Å². The Labute approximate surface area is 180 Å². The van der Waals surface area contributed by atoms with Crippen LogP contribution in [0.15, 0.2) is 55.1 Å². The summed E-state index contributed by atoms with van der Waals surface area (Å²) in [7, 11) is 0. The van der Waals surface area contributed by atoms with Crippen molar-refractivity contribution in [3.8, 4) is 0 Å². The first-order valence-electron chi connectivity index (χ1n) is 10.4. The molecule has 0 spiro atoms. The number of aromatic nitrogens is 4. The number of aryl methyl sites for hydroxylation is 2. The Morgan fingerprint density at radius 1 is 1.06 bits per heavy atom. The number of carbonyl (C=O) groups excluding carboxylic acids is 1. The highest BCUT2D eigenvalue weighted by molar-refractivity contribution is 6.10. The lowest BCUT2D eigenvalue weighted by Crippen LogP contribution is -2.53. The van der Waals surface area contributed by atoms with E-state index in [1.807, 2.05) is 55.1 Å². The Kier molecular flexibility index (Phi) is 4.66. The second-order valence-electron chi connectivity index (χ2n) is 8.10. The quantitative estimate of drug-likeness (QED) is 0.528. The number of para-hydroxylation sites is 1. The molecule has 0 fully saturated rings. The van der Waals surface area contributed by atoms with E-state index in [2.05, 4.69) is 38.2 Å². The maximum atomic E-state index is 13.8. The van der Waals surface area contributed by atoms with E-state index in [4.69, 9.17) is 0 Å². The summed E-state index contributed by atoms with van der Waals surface area (Å²) in [5.74, 6) is 0.726. The van der Waals surface area contributed by atoms with Crippen molar-refractivity contribution in [1.29, 1.82) is 0 Å². The van der Waals surface area contributed by atoms with Crippen LogP contribution in [0.1, 0.15) is 34.0 Å². The van der Waals surface area contributed by atoms with Crippen LogP contribution >= 0.6 is 0 Å². The number of nitrogens with one attached hydrogen (secondary N) is 2. The summed E-state index contributed by atoms with van der Waals surface area (Å²) in [4.78, 5) is 31.7. The van der Waals surface area contributed by atoms with E-state index in [0.29, 0.717) is 11.5 Å². The van der Waals surface area contributed by atoms with Gasteiger partial charge in [-0.05, 0) is 49.9 Å². The van der Waals surface area contributed by atoms with Gasteiger partial charge >= 0.3 is 0 Å². The van der Waals surface area contributed by atoms with Crippen LogP contribution in [0, 0.1) is 13.8 Å². The number of benzene rings is 2. The Hall–Kier alpha value is -3.74. The molecule has 2 aromatic carbocycles. The fourth-order valence-corrected chi connectivity index (χ4v) is 4.50. The molecule has 156 valence electrons. The molecule has 0 bridgehead atoms. The largest absolute Gasteiger partial charge is 0.364 e. The fourth-order valence-electron chi connectivity index (χ4n) is 4.50. The van der Waals surface area contributed by atoms with E-state index in [1.165, 1.54) is 6.33 Å². The van der Waals surface area contributed by atoms with Crippen LogP contribution in [0.2, 0.25) is 0 Å². The van der Waals surface area contributed by atoms with Crippen LogP contribution in [-0.4, -0.2) is 37.9 Å². The number of aromatic amines is 1. The molecule has 2 atom stereocenters. The summed E-state index contributed by atoms with van der Waals surface area (Å²) >= 11 is 0. The predicted octanol–water partition coefficient (Wildman–Crippen LogP) is 4.04. The van der Waals surface area contributed by atoms with Gasteiger partial charge in [0, 0.05) is 17.3 Å². The normalized spacial score (nSPS) is 16.9. The van der Waals surface area contributed by atoms with Crippen LogP contribution in [0.5, 0.6) is 0 Å². The molecule has 7 heteroatoms. The minimum Gasteiger partial charge on any atom is -0.364 e. The zero-order chi connectivity index (χ0) is 21.5. The molecule has 0 radical (unpaired) electrons. The van der Waals surface area contributed by atoms with E-state index in [9.17, 15) is 4.79 Å². The first kappa shape index (κ1) is 19.2. The number of hydrogen-bond acceptors (Lipinski definition) is 5. The monoisotopic (exact) mass is 412 g/mol. The molecule has 4 aromatic rings. The highest BCUT2D eigenvalue weighted by atomic mass is 16.2. The predicted molar refractivity (Wildman–Crippen MR) is 121 cm³/mol. The highest BCUT2D eigenvalue weighted by Crippen LogP contribution is 2.34. The molecule has 1 amide bonds. The van der Waals surface area contributed by atoms with Crippen molar-refractivity contribution in [3.05, 3.63) is 77.4 Å². The summed E-state index contributed by atoms with van der Waals surface area (Å²) in [6.07, 6.45) is 3.86. The van der Waals surface area contributed by atoms with Crippen LogP contribution in [-0.2, 0) is 6.42 Å². The van der Waals surface area contributed by atoms with Gasteiger partial charge < -0.3 is 15.2 Å². The third kappa shape index (κ3) is 3.22. The smallest absolute Gasteiger partial charge is 0.259 e. The van der Waals surface area contributed by atoms with Crippen LogP contribution in [0.4, 0.5) is 11.5 Å². The molecule has 0 saturated heterocycles. The molecule has 1 aliphatic heterocycles. The average molecular weight is 412 g/mol. The average Bonchev–Trinajstić information content (AvgIpc) is 3.24. The summed E-state index contributed by atoms with van der Waals surface area (Å²) in [5, 5.41) is 3.51. The Morgan fingerprint density at radius 2 is 1.87 bits per heavy atom. The van der Waals surface area contributed by atoms with Gasteiger partial charge in [-0.15, -0.1) is 0 Å². The fraction of sp³-hybridized carbons (Fsp3) is 0.250. The Morgan fingerprint density at radius 3 is 2.71 bits per heavy atom. The molecule has 31 heavy (non-hydrogen) atoms. The number of amides is 1. The number of imidazole rings is 1. The molecule has 5 rings (SSSR count). The number of anilines is 2. The molecule has 2 unspecified atom stereocenters. The molecular formula is C24H24N6O. The zero-order valence-electron chi connectivity index (χ0n) is 17.8. The van der Waals surface area contributed by atoms with E-state index in [0.717, 1.165) is 39.9 Å². The van der Waals surface area contributed by atoms with Crippen molar-refractivity contribution in [1.82, 2.24) is 19.9 Å². The second kappa shape index (κ2) is 7.50. The SMILES string of the molecule is Cc1ccccc1N1C(=O)c2c(C)cccc2CC1C(C)Nc1ncnc2nc[nH]c12. The first-order valence-corrected chi connectivity index (χ1v) is 10.4. The number of nitrogens with zero attached hydrogens (tertiary/aromatic N) is 4. The molecule has 1 aliphatic rings. The number of hydrogen-bond donors (Lipinski definition) is 2. The van der Waals surface area contributed by atoms with Gasteiger partial charge in [-0.3, -0.25) is 4.79 Å². The van der Waals surface area contributed by atoms with Crippen LogP contribution in [0.3, 0.4) is 0 Å². The van der Waals surface area contributed by atoms with Gasteiger partial charge in [0.2, 0.25) is 0 Å². The number of carbonyl (C=O) groups is 1. The minimum absolute atomic E-state index is 0.0432. The molecule has 7 nitrogen and oxygen atoms in total. The van der Waals surface area contributed by atoms with Crippen LogP contribution < -0.4 is 10.2 Å². The van der Waals surface area contributed by atoms with E-state index < -0.39 is 0 Å². The topological polar surface area (TPSA) is 86.8 Å². The highest BCUT2D eigenvalue weighted by Gasteiger charge is 2.38. The zero-order valence-corrected chi connectivity index (χ0v) is 17.8. The number of rotatable bonds is 4. The molecule has 2 N–H and O–H groups in total. The van der Waals surface area contributed by atoms with Crippen molar-refractivity contribution in [2.45, 2.75) is 39.3 Å². The van der Waals surface area contributed by atoms with Gasteiger partial charge in [-0.25, -0.2) is 15.0 Å². The lowest BCUT2D eigenvalue weighted by atomic mass is 9.87. The lowest BCUT2D eigenvalue weighted by molar-refractivity contribution is 0.0963. The molecule has 0 saturated carbocycles. The van der Waals surface area contributed by atoms with Crippen molar-refractivity contribution in [3.63, 3.8) is 0 Å². The Balaban J connectivity index is 1.58. The molecule has 3 heterocycles. The summed E-state index contributed by atoms with van der Waals surface area (Å²) in [6, 6.07) is 14.0. The van der Waals surface area contributed by atoms with Gasteiger partial charge in [0.05, 0.1) is 12.4 Å². The minimum atomic E-state index is -0.0872. The summed E-state index contributed by atoms with van der Waals surface area (Å²) in [6.45, 7) is 6.14. The molecule has 2 aromatic heterocycles. The van der Waals surface area contributed by atoms with Crippen LogP contribution in [0.25, 0.3) is 11.2 Å². The lowest BCUT2D eigenvalue weighted by Gasteiger charge is -2.41. The number of H-pyrrole nitrogens is 1. The van der Waals surface area contributed by atoms with E-state index in [-0.39, 0.29) is 18.0 Å².